The van der Waals surface area contributed by atoms with Gasteiger partial charge in [0.15, 0.2) is 0 Å². The normalized spacial score (nSPS) is 18.2. The van der Waals surface area contributed by atoms with Gasteiger partial charge >= 0.3 is 0 Å². The predicted molar refractivity (Wildman–Crippen MR) is 127 cm³/mol. The zero-order valence-electron chi connectivity index (χ0n) is 18.6. The second-order valence-corrected chi connectivity index (χ2v) is 8.48. The maximum Gasteiger partial charge on any atom is 0.120 e. The standard InChI is InChI=1S/C26H32N2O4/c1-3-25(31-15-9-27-5-11-29-12-6-27)19-23-18-22-2-4-26(20-24(22)17-21(1)23)32-16-10-28-7-13-30-14-8-28/h1-4,17-20H,5-16H2. The minimum absolute atomic E-state index is 0.699. The predicted octanol–water partition coefficient (Wildman–Crippen LogP) is 3.42. The summed E-state index contributed by atoms with van der Waals surface area (Å²) in [6, 6.07) is 17.2. The number of hydrogen-bond donors (Lipinski definition) is 0. The fraction of sp³-hybridized carbons (Fsp3) is 0.462. The van der Waals surface area contributed by atoms with E-state index in [0.717, 1.165) is 77.2 Å². The number of hydrogen-bond acceptors (Lipinski definition) is 6. The Hall–Kier alpha value is -2.38. The third-order valence-electron chi connectivity index (χ3n) is 6.30. The van der Waals surface area contributed by atoms with Gasteiger partial charge in [0.05, 0.1) is 26.4 Å². The van der Waals surface area contributed by atoms with Crippen LogP contribution in [0.4, 0.5) is 0 Å². The van der Waals surface area contributed by atoms with Crippen molar-refractivity contribution in [1.82, 2.24) is 9.80 Å². The second-order valence-electron chi connectivity index (χ2n) is 8.48. The Morgan fingerprint density at radius 2 is 1.00 bits per heavy atom. The Morgan fingerprint density at radius 1 is 0.562 bits per heavy atom. The molecule has 170 valence electrons. The molecule has 0 unspecified atom stereocenters. The molecule has 3 aromatic rings. The van der Waals surface area contributed by atoms with Crippen molar-refractivity contribution in [3.63, 3.8) is 0 Å². The quantitative estimate of drug-likeness (QED) is 0.504. The number of benzene rings is 3. The lowest BCUT2D eigenvalue weighted by Gasteiger charge is -2.26. The number of nitrogens with zero attached hydrogens (tertiary/aromatic N) is 2. The van der Waals surface area contributed by atoms with Gasteiger partial charge in [-0.1, -0.05) is 12.1 Å². The van der Waals surface area contributed by atoms with Gasteiger partial charge in [0.25, 0.3) is 0 Å². The van der Waals surface area contributed by atoms with E-state index in [1.54, 1.807) is 0 Å². The first-order valence-corrected chi connectivity index (χ1v) is 11.7. The monoisotopic (exact) mass is 436 g/mol. The smallest absolute Gasteiger partial charge is 0.120 e. The zero-order chi connectivity index (χ0) is 21.6. The van der Waals surface area contributed by atoms with Crippen LogP contribution in [0.15, 0.2) is 48.5 Å². The summed E-state index contributed by atoms with van der Waals surface area (Å²) >= 11 is 0. The molecule has 0 N–H and O–H groups in total. The first kappa shape index (κ1) is 21.5. The van der Waals surface area contributed by atoms with E-state index in [-0.39, 0.29) is 0 Å². The van der Waals surface area contributed by atoms with Gasteiger partial charge in [0, 0.05) is 39.3 Å². The van der Waals surface area contributed by atoms with Crippen molar-refractivity contribution < 1.29 is 18.9 Å². The van der Waals surface area contributed by atoms with Crippen molar-refractivity contribution in [2.24, 2.45) is 0 Å². The summed E-state index contributed by atoms with van der Waals surface area (Å²) in [5, 5.41) is 4.82. The number of rotatable bonds is 8. The van der Waals surface area contributed by atoms with Crippen LogP contribution >= 0.6 is 0 Å². The summed E-state index contributed by atoms with van der Waals surface area (Å²) in [5.74, 6) is 1.85. The van der Waals surface area contributed by atoms with Crippen LogP contribution in [0.1, 0.15) is 0 Å². The maximum atomic E-state index is 6.03. The Balaban J connectivity index is 1.20. The van der Waals surface area contributed by atoms with Crippen LogP contribution in [0, 0.1) is 0 Å². The van der Waals surface area contributed by atoms with E-state index in [0.29, 0.717) is 13.2 Å². The lowest BCUT2D eigenvalue weighted by atomic mass is 10.0. The van der Waals surface area contributed by atoms with E-state index in [4.69, 9.17) is 18.9 Å². The number of ether oxygens (including phenoxy) is 4. The van der Waals surface area contributed by atoms with Crippen molar-refractivity contribution in [3.8, 4) is 11.5 Å². The highest BCUT2D eigenvalue weighted by atomic mass is 16.5. The Labute approximate surface area is 189 Å². The first-order valence-electron chi connectivity index (χ1n) is 11.7. The molecule has 2 aliphatic heterocycles. The van der Waals surface area contributed by atoms with Gasteiger partial charge in [0.1, 0.15) is 24.7 Å². The van der Waals surface area contributed by atoms with Gasteiger partial charge in [-0.25, -0.2) is 0 Å². The average Bonchev–Trinajstić information content (AvgIpc) is 2.84. The van der Waals surface area contributed by atoms with Crippen LogP contribution in [0.25, 0.3) is 21.5 Å². The molecule has 0 amide bonds. The van der Waals surface area contributed by atoms with E-state index < -0.39 is 0 Å². The fourth-order valence-electron chi connectivity index (χ4n) is 4.37. The molecule has 2 saturated heterocycles. The van der Waals surface area contributed by atoms with Crippen LogP contribution in [0.5, 0.6) is 11.5 Å². The minimum Gasteiger partial charge on any atom is -0.492 e. The molecule has 2 heterocycles. The fourth-order valence-corrected chi connectivity index (χ4v) is 4.37. The lowest BCUT2D eigenvalue weighted by molar-refractivity contribution is 0.0322. The van der Waals surface area contributed by atoms with E-state index >= 15 is 0 Å². The van der Waals surface area contributed by atoms with Crippen LogP contribution < -0.4 is 9.47 Å². The Morgan fingerprint density at radius 3 is 1.44 bits per heavy atom. The molecule has 0 spiro atoms. The number of morpholine rings is 2. The molecule has 0 aromatic heterocycles. The zero-order valence-corrected chi connectivity index (χ0v) is 18.6. The van der Waals surface area contributed by atoms with E-state index in [1.807, 2.05) is 0 Å². The summed E-state index contributed by atoms with van der Waals surface area (Å²) in [6.07, 6.45) is 0. The molecule has 2 aliphatic rings. The summed E-state index contributed by atoms with van der Waals surface area (Å²) in [4.78, 5) is 4.78. The molecule has 32 heavy (non-hydrogen) atoms. The third kappa shape index (κ3) is 5.51. The third-order valence-corrected chi connectivity index (χ3v) is 6.30. The van der Waals surface area contributed by atoms with Crippen LogP contribution in [0.3, 0.4) is 0 Å². The largest absolute Gasteiger partial charge is 0.492 e. The molecule has 3 aromatic carbocycles. The summed E-state index contributed by atoms with van der Waals surface area (Å²) in [5.41, 5.74) is 0. The summed E-state index contributed by atoms with van der Waals surface area (Å²) in [7, 11) is 0. The van der Waals surface area contributed by atoms with Gasteiger partial charge in [-0.15, -0.1) is 0 Å². The molecule has 0 aliphatic carbocycles. The highest BCUT2D eigenvalue weighted by molar-refractivity contribution is 5.99. The molecule has 2 fully saturated rings. The van der Waals surface area contributed by atoms with Gasteiger partial charge in [-0.05, 0) is 57.9 Å². The van der Waals surface area contributed by atoms with Gasteiger partial charge in [-0.3, -0.25) is 9.80 Å². The second kappa shape index (κ2) is 10.5. The molecule has 0 atom stereocenters. The first-order chi connectivity index (χ1) is 15.8. The molecule has 6 nitrogen and oxygen atoms in total. The average molecular weight is 437 g/mol. The lowest BCUT2D eigenvalue weighted by Crippen LogP contribution is -2.38. The summed E-state index contributed by atoms with van der Waals surface area (Å²) < 4.78 is 22.9. The Kier molecular flexibility index (Phi) is 7.04. The highest BCUT2D eigenvalue weighted by Gasteiger charge is 2.11. The molecule has 0 radical (unpaired) electrons. The van der Waals surface area contributed by atoms with Gasteiger partial charge in [0.2, 0.25) is 0 Å². The van der Waals surface area contributed by atoms with E-state index in [2.05, 4.69) is 58.3 Å². The van der Waals surface area contributed by atoms with Crippen molar-refractivity contribution >= 4 is 21.5 Å². The molecule has 6 heteroatoms. The maximum absolute atomic E-state index is 6.03. The van der Waals surface area contributed by atoms with Gasteiger partial charge < -0.3 is 18.9 Å². The van der Waals surface area contributed by atoms with E-state index in [9.17, 15) is 0 Å². The molecule has 0 saturated carbocycles. The number of fused-ring (bicyclic) bond motifs is 2. The van der Waals surface area contributed by atoms with Gasteiger partial charge in [-0.2, -0.15) is 0 Å². The van der Waals surface area contributed by atoms with Crippen LogP contribution in [0.2, 0.25) is 0 Å². The highest BCUT2D eigenvalue weighted by Crippen LogP contribution is 2.28. The van der Waals surface area contributed by atoms with Crippen LogP contribution in [-0.4, -0.2) is 88.7 Å². The Bertz CT molecular complexity index is 945. The van der Waals surface area contributed by atoms with Crippen molar-refractivity contribution in [2.45, 2.75) is 0 Å². The molecular formula is C26H32N2O4. The summed E-state index contributed by atoms with van der Waals surface area (Å²) in [6.45, 7) is 10.5. The van der Waals surface area contributed by atoms with Crippen molar-refractivity contribution in [3.05, 3.63) is 48.5 Å². The topological polar surface area (TPSA) is 43.4 Å². The SMILES string of the molecule is c1cc2cc3cc(OCCN4CCOCC4)ccc3cc2cc1OCCN1CCOCC1. The minimum atomic E-state index is 0.699. The van der Waals surface area contributed by atoms with Crippen molar-refractivity contribution in [2.75, 3.05) is 78.9 Å². The van der Waals surface area contributed by atoms with Crippen molar-refractivity contribution in [1.29, 1.82) is 0 Å². The molecule has 5 rings (SSSR count). The van der Waals surface area contributed by atoms with E-state index in [1.165, 1.54) is 21.5 Å². The molecular weight excluding hydrogens is 404 g/mol. The molecule has 0 bridgehead atoms. The van der Waals surface area contributed by atoms with Crippen LogP contribution in [-0.2, 0) is 9.47 Å².